The molecule has 0 aromatic heterocycles. The Hall–Kier alpha value is -0.880. The van der Waals surface area contributed by atoms with Crippen molar-refractivity contribution >= 4 is 44.8 Å². The number of aliphatic hydroxyl groups excluding tert-OH is 1. The van der Waals surface area contributed by atoms with Crippen LogP contribution < -0.4 is 5.32 Å². The van der Waals surface area contributed by atoms with Gasteiger partial charge in [-0.25, -0.2) is 8.78 Å². The van der Waals surface area contributed by atoms with Crippen molar-refractivity contribution in [2.45, 2.75) is 6.10 Å². The summed E-state index contributed by atoms with van der Waals surface area (Å²) in [4.78, 5) is 0. The predicted octanol–water partition coefficient (Wildman–Crippen LogP) is 5.18. The number of hydrogen-bond acceptors (Lipinski definition) is 2. The van der Waals surface area contributed by atoms with E-state index in [1.807, 2.05) is 0 Å². The summed E-state index contributed by atoms with van der Waals surface area (Å²) in [7, 11) is 0. The lowest BCUT2D eigenvalue weighted by Crippen LogP contribution is -2.13. The second-order valence-electron chi connectivity index (χ2n) is 4.31. The first-order valence-electron chi connectivity index (χ1n) is 5.90. The molecule has 1 atom stereocenters. The van der Waals surface area contributed by atoms with Crippen LogP contribution in [0.5, 0.6) is 0 Å². The van der Waals surface area contributed by atoms with Gasteiger partial charge in [-0.2, -0.15) is 0 Å². The van der Waals surface area contributed by atoms with Crippen LogP contribution in [0.1, 0.15) is 11.7 Å². The van der Waals surface area contributed by atoms with E-state index in [9.17, 15) is 13.9 Å². The monoisotopic (exact) mass is 395 g/mol. The fraction of sp³-hybridized carbons (Fsp3) is 0.143. The Morgan fingerprint density at radius 3 is 2.29 bits per heavy atom. The average molecular weight is 397 g/mol. The van der Waals surface area contributed by atoms with Crippen molar-refractivity contribution in [2.24, 2.45) is 0 Å². The van der Waals surface area contributed by atoms with E-state index in [-0.39, 0.29) is 12.1 Å². The van der Waals surface area contributed by atoms with Crippen LogP contribution in [0.4, 0.5) is 14.5 Å². The third-order valence-corrected chi connectivity index (χ3v) is 3.86. The van der Waals surface area contributed by atoms with Crippen molar-refractivity contribution in [2.75, 3.05) is 11.9 Å². The molecule has 0 saturated heterocycles. The van der Waals surface area contributed by atoms with Crippen LogP contribution in [0, 0.1) is 11.6 Å². The number of nitrogens with one attached hydrogen (secondary N) is 1. The van der Waals surface area contributed by atoms with Crippen LogP contribution in [0.2, 0.25) is 10.0 Å². The van der Waals surface area contributed by atoms with Crippen LogP contribution in [-0.2, 0) is 0 Å². The minimum absolute atomic E-state index is 0.0478. The molecule has 2 aromatic rings. The molecule has 112 valence electrons. The number of halogens is 5. The van der Waals surface area contributed by atoms with E-state index in [1.54, 1.807) is 12.1 Å². The molecule has 0 aliphatic heterocycles. The number of rotatable bonds is 4. The van der Waals surface area contributed by atoms with Gasteiger partial charge in [-0.3, -0.25) is 0 Å². The molecule has 0 bridgehead atoms. The Morgan fingerprint density at radius 2 is 1.71 bits per heavy atom. The van der Waals surface area contributed by atoms with Gasteiger partial charge in [0.1, 0.15) is 0 Å². The van der Waals surface area contributed by atoms with E-state index >= 15 is 0 Å². The van der Waals surface area contributed by atoms with Crippen molar-refractivity contribution in [3.63, 3.8) is 0 Å². The molecule has 0 heterocycles. The maximum atomic E-state index is 13.1. The van der Waals surface area contributed by atoms with Gasteiger partial charge in [-0.05, 0) is 29.8 Å². The molecular weight excluding hydrogens is 387 g/mol. The van der Waals surface area contributed by atoms with Crippen molar-refractivity contribution < 1.29 is 13.9 Å². The molecule has 0 spiro atoms. The van der Waals surface area contributed by atoms with Gasteiger partial charge in [0.25, 0.3) is 0 Å². The van der Waals surface area contributed by atoms with Crippen LogP contribution in [0.3, 0.4) is 0 Å². The zero-order chi connectivity index (χ0) is 15.6. The predicted molar refractivity (Wildman–Crippen MR) is 84.0 cm³/mol. The van der Waals surface area contributed by atoms with Gasteiger partial charge >= 0.3 is 0 Å². The Morgan fingerprint density at radius 1 is 1.10 bits per heavy atom. The molecular formula is C14H10BrCl2F2NO. The molecule has 1 unspecified atom stereocenters. The molecule has 0 amide bonds. The van der Waals surface area contributed by atoms with Gasteiger partial charge in [0.2, 0.25) is 0 Å². The van der Waals surface area contributed by atoms with Crippen LogP contribution >= 0.6 is 39.1 Å². The Bertz CT molecular complexity index is 646. The molecule has 2 N–H and O–H groups in total. The van der Waals surface area contributed by atoms with Crippen LogP contribution in [0.15, 0.2) is 34.8 Å². The van der Waals surface area contributed by atoms with E-state index in [2.05, 4.69) is 21.2 Å². The smallest absolute Gasteiger partial charge is 0.159 e. The van der Waals surface area contributed by atoms with Crippen molar-refractivity contribution in [3.8, 4) is 0 Å². The largest absolute Gasteiger partial charge is 0.387 e. The van der Waals surface area contributed by atoms with Gasteiger partial charge in [0, 0.05) is 11.0 Å². The first-order valence-corrected chi connectivity index (χ1v) is 7.45. The third kappa shape index (κ3) is 4.07. The first kappa shape index (κ1) is 16.5. The summed E-state index contributed by atoms with van der Waals surface area (Å²) in [6, 6.07) is 6.54. The number of hydrogen-bond donors (Lipinski definition) is 2. The maximum absolute atomic E-state index is 13.1. The molecule has 7 heteroatoms. The second-order valence-corrected chi connectivity index (χ2v) is 6.04. The molecule has 0 aliphatic carbocycles. The van der Waals surface area contributed by atoms with Crippen LogP contribution in [-0.4, -0.2) is 11.7 Å². The second kappa shape index (κ2) is 6.92. The molecule has 21 heavy (non-hydrogen) atoms. The highest BCUT2D eigenvalue weighted by Crippen LogP contribution is 2.34. The lowest BCUT2D eigenvalue weighted by atomic mass is 10.1. The number of anilines is 1. The average Bonchev–Trinajstić information content (AvgIpc) is 2.40. The number of aliphatic hydroxyl groups is 1. The maximum Gasteiger partial charge on any atom is 0.159 e. The van der Waals surface area contributed by atoms with Gasteiger partial charge < -0.3 is 10.4 Å². The van der Waals surface area contributed by atoms with Crippen molar-refractivity contribution in [1.82, 2.24) is 0 Å². The minimum atomic E-state index is -1.03. The molecule has 0 radical (unpaired) electrons. The first-order chi connectivity index (χ1) is 9.88. The summed E-state index contributed by atoms with van der Waals surface area (Å²) in [5.41, 5.74) is 0.717. The quantitative estimate of drug-likeness (QED) is 0.746. The van der Waals surface area contributed by atoms with Gasteiger partial charge in [-0.15, -0.1) is 0 Å². The Kier molecular flexibility index (Phi) is 5.43. The standard InChI is InChI=1S/C14H10BrCl2F2NO/c15-8-4-9(16)14(10(17)5-8)20-6-13(21)7-1-2-11(18)12(19)3-7/h1-5,13,20-21H,6H2. The minimum Gasteiger partial charge on any atom is -0.387 e. The van der Waals surface area contributed by atoms with Crippen molar-refractivity contribution in [3.05, 3.63) is 62.0 Å². The summed E-state index contributed by atoms with van der Waals surface area (Å²) in [5.74, 6) is -1.97. The fourth-order valence-corrected chi connectivity index (χ4v) is 3.09. The van der Waals surface area contributed by atoms with E-state index < -0.39 is 17.7 Å². The highest BCUT2D eigenvalue weighted by atomic mass is 79.9. The summed E-state index contributed by atoms with van der Waals surface area (Å²) < 4.78 is 26.7. The Labute approximate surface area is 138 Å². The molecule has 0 aliphatic rings. The van der Waals surface area contributed by atoms with Crippen molar-refractivity contribution in [1.29, 1.82) is 0 Å². The summed E-state index contributed by atoms with van der Waals surface area (Å²) in [5, 5.41) is 13.6. The molecule has 0 fully saturated rings. The highest BCUT2D eigenvalue weighted by molar-refractivity contribution is 9.10. The fourth-order valence-electron chi connectivity index (χ4n) is 1.75. The summed E-state index contributed by atoms with van der Waals surface area (Å²) in [6.45, 7) is 0.0478. The SMILES string of the molecule is OC(CNc1c(Cl)cc(Br)cc1Cl)c1ccc(F)c(F)c1. The van der Waals surface area contributed by atoms with Crippen LogP contribution in [0.25, 0.3) is 0 Å². The van der Waals surface area contributed by atoms with E-state index in [0.29, 0.717) is 15.7 Å². The summed E-state index contributed by atoms with van der Waals surface area (Å²) >= 11 is 15.3. The lowest BCUT2D eigenvalue weighted by molar-refractivity contribution is 0.191. The van der Waals surface area contributed by atoms with Gasteiger partial charge in [0.15, 0.2) is 11.6 Å². The van der Waals surface area contributed by atoms with Gasteiger partial charge in [-0.1, -0.05) is 45.2 Å². The molecule has 2 rings (SSSR count). The lowest BCUT2D eigenvalue weighted by Gasteiger charge is -2.15. The van der Waals surface area contributed by atoms with E-state index in [1.165, 1.54) is 6.07 Å². The summed E-state index contributed by atoms with van der Waals surface area (Å²) in [6.07, 6.45) is -1.03. The topological polar surface area (TPSA) is 32.3 Å². The Balaban J connectivity index is 2.11. The zero-order valence-electron chi connectivity index (χ0n) is 10.5. The number of benzene rings is 2. The van der Waals surface area contributed by atoms with E-state index in [0.717, 1.165) is 16.6 Å². The third-order valence-electron chi connectivity index (χ3n) is 2.81. The normalized spacial score (nSPS) is 12.3. The molecule has 2 aromatic carbocycles. The molecule has 0 saturated carbocycles. The zero-order valence-corrected chi connectivity index (χ0v) is 13.6. The van der Waals surface area contributed by atoms with E-state index in [4.69, 9.17) is 23.2 Å². The van der Waals surface area contributed by atoms with Gasteiger partial charge in [0.05, 0.1) is 21.8 Å². The molecule has 2 nitrogen and oxygen atoms in total. The highest BCUT2D eigenvalue weighted by Gasteiger charge is 2.13.